The Balaban J connectivity index is 3.13. The van der Waals surface area contributed by atoms with E-state index in [-0.39, 0.29) is 5.60 Å². The molecule has 1 heteroatoms. The van der Waals surface area contributed by atoms with Crippen LogP contribution in [0.15, 0.2) is 12.1 Å². The van der Waals surface area contributed by atoms with Crippen molar-refractivity contribution in [2.75, 3.05) is 0 Å². The van der Waals surface area contributed by atoms with Gasteiger partial charge in [-0.25, -0.2) is 0 Å². The normalized spacial score (nSPS) is 11.6. The first-order valence-corrected chi connectivity index (χ1v) is 5.07. The minimum atomic E-state index is -0.122. The van der Waals surface area contributed by atoms with Gasteiger partial charge < -0.3 is 4.74 Å². The molecule has 78 valence electrons. The van der Waals surface area contributed by atoms with Crippen LogP contribution in [0.3, 0.4) is 0 Å². The average Bonchev–Trinajstić information content (AvgIpc) is 2.04. The Morgan fingerprint density at radius 3 is 1.93 bits per heavy atom. The van der Waals surface area contributed by atoms with Gasteiger partial charge in [0.2, 0.25) is 0 Å². The first-order valence-electron chi connectivity index (χ1n) is 5.07. The van der Waals surface area contributed by atoms with Gasteiger partial charge in [0.1, 0.15) is 11.4 Å². The Bertz CT molecular complexity index is 332. The van der Waals surface area contributed by atoms with E-state index in [2.05, 4.69) is 53.7 Å². The largest absolute Gasteiger partial charge is 0.488 e. The molecule has 0 saturated carbocycles. The first-order chi connectivity index (χ1) is 6.31. The van der Waals surface area contributed by atoms with E-state index in [1.165, 1.54) is 16.7 Å². The summed E-state index contributed by atoms with van der Waals surface area (Å²) in [6.45, 7) is 12.6. The van der Waals surface area contributed by atoms with Gasteiger partial charge in [-0.05, 0) is 58.2 Å². The average molecular weight is 192 g/mol. The molecule has 0 unspecified atom stereocenters. The number of hydrogen-bond donors (Lipinski definition) is 0. The van der Waals surface area contributed by atoms with Crippen LogP contribution in [0.25, 0.3) is 0 Å². The molecule has 1 aromatic rings. The first kappa shape index (κ1) is 11.1. The highest BCUT2D eigenvalue weighted by Gasteiger charge is 2.15. The van der Waals surface area contributed by atoms with Crippen molar-refractivity contribution in [3.8, 4) is 5.75 Å². The van der Waals surface area contributed by atoms with Gasteiger partial charge in [0, 0.05) is 0 Å². The molecule has 0 atom stereocenters. The van der Waals surface area contributed by atoms with Crippen LogP contribution < -0.4 is 4.74 Å². The minimum absolute atomic E-state index is 0.122. The standard InChI is InChI=1S/C13H20O/c1-9-7-8-10(2)12(11(9)3)14-13(4,5)6/h7-8H,1-6H3. The molecule has 0 bridgehead atoms. The SMILES string of the molecule is Cc1ccc(C)c(OC(C)(C)C)c1C. The highest BCUT2D eigenvalue weighted by atomic mass is 16.5. The van der Waals surface area contributed by atoms with E-state index in [0.717, 1.165) is 5.75 Å². The predicted molar refractivity (Wildman–Crippen MR) is 61.0 cm³/mol. The number of benzene rings is 1. The lowest BCUT2D eigenvalue weighted by Crippen LogP contribution is -2.24. The molecule has 0 aliphatic rings. The van der Waals surface area contributed by atoms with Crippen LogP contribution in [-0.2, 0) is 0 Å². The summed E-state index contributed by atoms with van der Waals surface area (Å²) >= 11 is 0. The molecular formula is C13H20O. The van der Waals surface area contributed by atoms with Crippen LogP contribution in [0, 0.1) is 20.8 Å². The molecule has 0 N–H and O–H groups in total. The second-order valence-corrected chi connectivity index (χ2v) is 4.87. The Hall–Kier alpha value is -0.980. The number of rotatable bonds is 1. The Kier molecular flexibility index (Phi) is 2.89. The number of hydrogen-bond acceptors (Lipinski definition) is 1. The summed E-state index contributed by atoms with van der Waals surface area (Å²) in [6.07, 6.45) is 0. The van der Waals surface area contributed by atoms with Crippen molar-refractivity contribution in [1.82, 2.24) is 0 Å². The molecule has 0 fully saturated rings. The Morgan fingerprint density at radius 2 is 1.43 bits per heavy atom. The summed E-state index contributed by atoms with van der Waals surface area (Å²) in [6, 6.07) is 4.25. The smallest absolute Gasteiger partial charge is 0.126 e. The number of ether oxygens (including phenoxy) is 1. The topological polar surface area (TPSA) is 9.23 Å². The number of aryl methyl sites for hydroxylation is 2. The molecule has 0 radical (unpaired) electrons. The van der Waals surface area contributed by atoms with Crippen molar-refractivity contribution in [3.63, 3.8) is 0 Å². The van der Waals surface area contributed by atoms with Gasteiger partial charge in [0.05, 0.1) is 0 Å². The van der Waals surface area contributed by atoms with Crippen molar-refractivity contribution in [2.24, 2.45) is 0 Å². The van der Waals surface area contributed by atoms with E-state index in [0.29, 0.717) is 0 Å². The van der Waals surface area contributed by atoms with Crippen LogP contribution in [0.5, 0.6) is 5.75 Å². The third kappa shape index (κ3) is 2.50. The van der Waals surface area contributed by atoms with E-state index in [1.54, 1.807) is 0 Å². The second kappa shape index (κ2) is 3.64. The molecular weight excluding hydrogens is 172 g/mol. The van der Waals surface area contributed by atoms with E-state index in [1.807, 2.05) is 0 Å². The minimum Gasteiger partial charge on any atom is -0.488 e. The van der Waals surface area contributed by atoms with Gasteiger partial charge in [-0.3, -0.25) is 0 Å². The van der Waals surface area contributed by atoms with Gasteiger partial charge in [-0.1, -0.05) is 12.1 Å². The zero-order valence-corrected chi connectivity index (χ0v) is 10.1. The van der Waals surface area contributed by atoms with Crippen molar-refractivity contribution in [2.45, 2.75) is 47.1 Å². The Labute approximate surface area is 87.1 Å². The molecule has 1 nitrogen and oxygen atoms in total. The molecule has 0 aromatic heterocycles. The highest BCUT2D eigenvalue weighted by molar-refractivity contribution is 5.44. The molecule has 0 saturated heterocycles. The second-order valence-electron chi connectivity index (χ2n) is 4.87. The fourth-order valence-electron chi connectivity index (χ4n) is 1.39. The summed E-state index contributed by atoms with van der Waals surface area (Å²) in [7, 11) is 0. The summed E-state index contributed by atoms with van der Waals surface area (Å²) in [4.78, 5) is 0. The van der Waals surface area contributed by atoms with Crippen molar-refractivity contribution in [3.05, 3.63) is 28.8 Å². The highest BCUT2D eigenvalue weighted by Crippen LogP contribution is 2.28. The van der Waals surface area contributed by atoms with Crippen LogP contribution in [-0.4, -0.2) is 5.60 Å². The van der Waals surface area contributed by atoms with Crippen LogP contribution in [0.1, 0.15) is 37.5 Å². The maximum atomic E-state index is 5.94. The van der Waals surface area contributed by atoms with E-state index >= 15 is 0 Å². The summed E-state index contributed by atoms with van der Waals surface area (Å²) in [5.74, 6) is 1.04. The van der Waals surface area contributed by atoms with Gasteiger partial charge in [0.25, 0.3) is 0 Å². The summed E-state index contributed by atoms with van der Waals surface area (Å²) < 4.78 is 5.94. The molecule has 14 heavy (non-hydrogen) atoms. The third-order valence-corrected chi connectivity index (χ3v) is 2.28. The van der Waals surface area contributed by atoms with Gasteiger partial charge in [-0.15, -0.1) is 0 Å². The molecule has 0 spiro atoms. The fourth-order valence-corrected chi connectivity index (χ4v) is 1.39. The van der Waals surface area contributed by atoms with Gasteiger partial charge in [-0.2, -0.15) is 0 Å². The maximum absolute atomic E-state index is 5.94. The quantitative estimate of drug-likeness (QED) is 0.657. The molecule has 0 aliphatic heterocycles. The molecule has 0 amide bonds. The molecule has 1 rings (SSSR count). The van der Waals surface area contributed by atoms with Crippen LogP contribution >= 0.6 is 0 Å². The predicted octanol–water partition coefficient (Wildman–Crippen LogP) is 3.79. The van der Waals surface area contributed by atoms with Crippen LogP contribution in [0.2, 0.25) is 0 Å². The monoisotopic (exact) mass is 192 g/mol. The zero-order valence-electron chi connectivity index (χ0n) is 10.1. The van der Waals surface area contributed by atoms with Crippen molar-refractivity contribution in [1.29, 1.82) is 0 Å². The third-order valence-electron chi connectivity index (χ3n) is 2.28. The van der Waals surface area contributed by atoms with Crippen molar-refractivity contribution < 1.29 is 4.74 Å². The lowest BCUT2D eigenvalue weighted by Gasteiger charge is -2.24. The Morgan fingerprint density at radius 1 is 0.929 bits per heavy atom. The zero-order chi connectivity index (χ0) is 10.9. The molecule has 1 aromatic carbocycles. The molecule has 0 heterocycles. The maximum Gasteiger partial charge on any atom is 0.126 e. The van der Waals surface area contributed by atoms with Crippen LogP contribution in [0.4, 0.5) is 0 Å². The van der Waals surface area contributed by atoms with Crippen molar-refractivity contribution >= 4 is 0 Å². The summed E-state index contributed by atoms with van der Waals surface area (Å²) in [5.41, 5.74) is 3.63. The van der Waals surface area contributed by atoms with E-state index in [4.69, 9.17) is 4.74 Å². The fraction of sp³-hybridized carbons (Fsp3) is 0.538. The lowest BCUT2D eigenvalue weighted by atomic mass is 10.0. The van der Waals surface area contributed by atoms with E-state index in [9.17, 15) is 0 Å². The van der Waals surface area contributed by atoms with Gasteiger partial charge in [0.15, 0.2) is 0 Å². The molecule has 0 aliphatic carbocycles. The van der Waals surface area contributed by atoms with Gasteiger partial charge >= 0.3 is 0 Å². The lowest BCUT2D eigenvalue weighted by molar-refractivity contribution is 0.128. The summed E-state index contributed by atoms with van der Waals surface area (Å²) in [5, 5.41) is 0. The van der Waals surface area contributed by atoms with E-state index < -0.39 is 0 Å².